The molecule has 6 rings (SSSR count). The van der Waals surface area contributed by atoms with Crippen LogP contribution in [0.1, 0.15) is 32.8 Å². The van der Waals surface area contributed by atoms with Gasteiger partial charge < -0.3 is 24.2 Å². The highest BCUT2D eigenvalue weighted by atomic mass is 19.1. The van der Waals surface area contributed by atoms with Gasteiger partial charge in [-0.05, 0) is 43.5 Å². The minimum absolute atomic E-state index is 0.0446. The van der Waals surface area contributed by atoms with Gasteiger partial charge in [0.25, 0.3) is 0 Å². The van der Waals surface area contributed by atoms with Crippen molar-refractivity contribution in [2.75, 3.05) is 29.5 Å². The molecule has 3 fully saturated rings. The number of hydrogen-bond donors (Lipinski definition) is 2. The molecule has 0 radical (unpaired) electrons. The first-order chi connectivity index (χ1) is 17.7. The van der Waals surface area contributed by atoms with Crippen LogP contribution in [0.2, 0.25) is 0 Å². The molecular weight excluding hydrogens is 491 g/mol. The van der Waals surface area contributed by atoms with Crippen LogP contribution in [0.3, 0.4) is 0 Å². The van der Waals surface area contributed by atoms with Crippen molar-refractivity contribution in [1.29, 1.82) is 0 Å². The molecule has 2 aromatic rings. The van der Waals surface area contributed by atoms with Gasteiger partial charge >= 0.3 is 12.1 Å². The van der Waals surface area contributed by atoms with E-state index in [1.54, 1.807) is 19.9 Å². The van der Waals surface area contributed by atoms with Crippen molar-refractivity contribution < 1.29 is 32.8 Å². The van der Waals surface area contributed by atoms with Gasteiger partial charge in [-0.3, -0.25) is 15.0 Å². The van der Waals surface area contributed by atoms with Crippen molar-refractivity contribution in [3.8, 4) is 0 Å². The van der Waals surface area contributed by atoms with E-state index in [1.807, 2.05) is 6.92 Å². The van der Waals surface area contributed by atoms with Crippen LogP contribution in [0.15, 0.2) is 15.8 Å². The minimum atomic E-state index is -1.87. The van der Waals surface area contributed by atoms with Crippen LogP contribution in [0.4, 0.5) is 25.5 Å². The predicted octanol–water partition coefficient (Wildman–Crippen LogP) is 2.16. The number of cyclic esters (lactones) is 1. The van der Waals surface area contributed by atoms with Crippen molar-refractivity contribution in [3.05, 3.63) is 22.4 Å². The number of amides is 4. The molecule has 0 saturated carbocycles. The Bertz CT molecular complexity index is 1360. The number of nitrogens with one attached hydrogen (secondary N) is 2. The van der Waals surface area contributed by atoms with Gasteiger partial charge in [0.1, 0.15) is 18.1 Å². The maximum absolute atomic E-state index is 16.3. The monoisotopic (exact) mass is 516 g/mol. The summed E-state index contributed by atoms with van der Waals surface area (Å²) in [7, 11) is 0. The predicted molar refractivity (Wildman–Crippen MR) is 125 cm³/mol. The topological polar surface area (TPSA) is 156 Å². The summed E-state index contributed by atoms with van der Waals surface area (Å²) in [6.07, 6.45) is -1.54. The van der Waals surface area contributed by atoms with E-state index in [2.05, 4.69) is 21.0 Å². The van der Waals surface area contributed by atoms with Gasteiger partial charge in [0.15, 0.2) is 11.6 Å². The molecule has 0 bridgehead atoms. The van der Waals surface area contributed by atoms with Crippen LogP contribution in [0.5, 0.6) is 0 Å². The fraction of sp³-hybridized carbons (Fsp3) is 0.565. The number of benzene rings is 1. The first-order valence-corrected chi connectivity index (χ1v) is 12.1. The summed E-state index contributed by atoms with van der Waals surface area (Å²) in [6.45, 7) is 5.25. The zero-order chi connectivity index (χ0) is 26.3. The third-order valence-corrected chi connectivity index (χ3v) is 8.07. The van der Waals surface area contributed by atoms with E-state index in [9.17, 15) is 19.3 Å². The van der Waals surface area contributed by atoms with E-state index in [0.717, 1.165) is 0 Å². The maximum atomic E-state index is 16.3. The molecule has 5 heterocycles. The SMILES string of the molecule is CC[C@@H]1COC(=O)N1c1noc2c(F)c3c(cc12)CC1(CNC(=O)NC1=O)[C@]1(N=O)[C@@H](C)O[C@@H](C)CN31. The van der Waals surface area contributed by atoms with Crippen molar-refractivity contribution in [2.24, 2.45) is 10.6 Å². The fourth-order valence-electron chi connectivity index (χ4n) is 6.38. The highest BCUT2D eigenvalue weighted by Gasteiger charge is 2.70. The molecule has 14 heteroatoms. The highest BCUT2D eigenvalue weighted by Crippen LogP contribution is 2.55. The number of fused-ring (bicyclic) bond motifs is 5. The lowest BCUT2D eigenvalue weighted by Gasteiger charge is -2.60. The Morgan fingerprint density at radius 1 is 1.30 bits per heavy atom. The normalized spacial score (nSPS) is 33.2. The zero-order valence-electron chi connectivity index (χ0n) is 20.4. The Balaban J connectivity index is 1.60. The lowest BCUT2D eigenvalue weighted by atomic mass is 9.63. The molecule has 2 N–H and O–H groups in total. The van der Waals surface area contributed by atoms with E-state index in [1.165, 1.54) is 9.80 Å². The molecule has 1 aromatic heterocycles. The number of urea groups is 1. The standard InChI is InChI=1S/C23H25FN6O7/c1-4-13-8-35-21(33)30(13)18-14-5-12-6-22(9-25-20(32)26-19(22)31)23(28-34)11(3)36-10(2)7-29(23)16(12)15(24)17(14)37-27-18/h5,10-11,13H,4,6-9H2,1-3H3,(H2,25,26,31,32)/t10-,11+,13+,22?,23-/m0/s1. The number of nitrogens with zero attached hydrogens (tertiary/aromatic N) is 4. The summed E-state index contributed by atoms with van der Waals surface area (Å²) < 4.78 is 32.8. The Kier molecular flexibility index (Phi) is 5.00. The van der Waals surface area contributed by atoms with Gasteiger partial charge in [-0.25, -0.2) is 14.0 Å². The van der Waals surface area contributed by atoms with Crippen LogP contribution in [-0.4, -0.2) is 66.8 Å². The molecule has 4 aliphatic rings. The van der Waals surface area contributed by atoms with Crippen molar-refractivity contribution in [3.63, 3.8) is 0 Å². The molecule has 1 aromatic carbocycles. The molecule has 1 unspecified atom stereocenters. The van der Waals surface area contributed by atoms with E-state index >= 15 is 4.39 Å². The summed E-state index contributed by atoms with van der Waals surface area (Å²) in [5.41, 5.74) is -3.25. The van der Waals surface area contributed by atoms with Crippen LogP contribution in [-0.2, 0) is 20.7 Å². The molecule has 3 saturated heterocycles. The van der Waals surface area contributed by atoms with Gasteiger partial charge in [0.2, 0.25) is 17.2 Å². The van der Waals surface area contributed by atoms with Crippen LogP contribution >= 0.6 is 0 Å². The summed E-state index contributed by atoms with van der Waals surface area (Å²) in [6, 6.07) is 0.606. The first kappa shape index (κ1) is 23.6. The van der Waals surface area contributed by atoms with Crippen LogP contribution < -0.4 is 20.4 Å². The molecule has 5 atom stereocenters. The van der Waals surface area contributed by atoms with Crippen molar-refractivity contribution in [1.82, 2.24) is 15.8 Å². The Morgan fingerprint density at radius 2 is 2.08 bits per heavy atom. The second-order valence-corrected chi connectivity index (χ2v) is 10.0. The Hall–Kier alpha value is -3.81. The van der Waals surface area contributed by atoms with Crippen molar-refractivity contribution >= 4 is 40.5 Å². The summed E-state index contributed by atoms with van der Waals surface area (Å²) in [4.78, 5) is 53.5. The third-order valence-electron chi connectivity index (χ3n) is 8.07. The molecule has 4 aliphatic heterocycles. The summed E-state index contributed by atoms with van der Waals surface area (Å²) in [5, 5.41) is 12.5. The lowest BCUT2D eigenvalue weighted by Crippen LogP contribution is -2.79. The van der Waals surface area contributed by atoms with E-state index in [0.29, 0.717) is 12.0 Å². The first-order valence-electron chi connectivity index (χ1n) is 12.1. The van der Waals surface area contributed by atoms with Gasteiger partial charge in [-0.2, -0.15) is 0 Å². The summed E-state index contributed by atoms with van der Waals surface area (Å²) in [5.74, 6) is -1.40. The largest absolute Gasteiger partial charge is 0.447 e. The number of hydrogen-bond acceptors (Lipinski definition) is 10. The zero-order valence-corrected chi connectivity index (χ0v) is 20.4. The second-order valence-electron chi connectivity index (χ2n) is 10.0. The second kappa shape index (κ2) is 7.84. The van der Waals surface area contributed by atoms with E-state index in [4.69, 9.17) is 14.0 Å². The van der Waals surface area contributed by atoms with Gasteiger partial charge in [0.05, 0.1) is 23.2 Å². The molecule has 196 valence electrons. The Labute approximate surface area is 209 Å². The average Bonchev–Trinajstić information content (AvgIpc) is 3.44. The molecule has 0 aliphatic carbocycles. The minimum Gasteiger partial charge on any atom is -0.447 e. The Morgan fingerprint density at radius 3 is 2.78 bits per heavy atom. The van der Waals surface area contributed by atoms with Crippen molar-refractivity contribution in [2.45, 2.75) is 57.5 Å². The smallest absolute Gasteiger partial charge is 0.416 e. The molecular formula is C23H25FN6O7. The molecule has 37 heavy (non-hydrogen) atoms. The summed E-state index contributed by atoms with van der Waals surface area (Å²) >= 11 is 0. The number of aromatic nitrogens is 1. The molecule has 13 nitrogen and oxygen atoms in total. The number of morpholine rings is 1. The average molecular weight is 516 g/mol. The third kappa shape index (κ3) is 2.87. The molecule has 1 spiro atoms. The number of halogens is 1. The number of ether oxygens (including phenoxy) is 2. The van der Waals surface area contributed by atoms with Gasteiger partial charge in [-0.15, -0.1) is 4.91 Å². The molecule has 4 amide bonds. The number of anilines is 2. The number of carbonyl (C=O) groups is 3. The van der Waals surface area contributed by atoms with E-state index < -0.39 is 47.1 Å². The lowest BCUT2D eigenvalue weighted by molar-refractivity contribution is -0.152. The van der Waals surface area contributed by atoms with E-state index in [-0.39, 0.29) is 54.6 Å². The van der Waals surface area contributed by atoms with Gasteiger partial charge in [-0.1, -0.05) is 12.1 Å². The van der Waals surface area contributed by atoms with Crippen LogP contribution in [0.25, 0.3) is 11.0 Å². The van der Waals surface area contributed by atoms with Gasteiger partial charge in [0, 0.05) is 13.1 Å². The van der Waals surface area contributed by atoms with Crippen LogP contribution in [0, 0.1) is 16.1 Å². The number of rotatable bonds is 3. The number of nitroso groups, excluding NO2 is 1. The maximum Gasteiger partial charge on any atom is 0.416 e. The fourth-order valence-corrected chi connectivity index (χ4v) is 6.38. The quantitative estimate of drug-likeness (QED) is 0.584. The number of carbonyl (C=O) groups excluding carboxylic acids is 3. The highest BCUT2D eigenvalue weighted by molar-refractivity contribution is 6.04. The number of imide groups is 1.